The monoisotopic (exact) mass is 405 g/mol. The Hall–Kier alpha value is -1.88. The molecule has 0 unspecified atom stereocenters. The Morgan fingerprint density at radius 2 is 1.34 bits per heavy atom. The van der Waals surface area contributed by atoms with Gasteiger partial charge in [-0.05, 0) is 50.5 Å². The number of carbonyl (C=O) groups is 2. The van der Waals surface area contributed by atoms with Crippen molar-refractivity contribution in [1.82, 2.24) is 4.90 Å². The zero-order chi connectivity index (χ0) is 22.7. The fraction of sp³-hybridized carbons (Fsp3) is 0.667. The summed E-state index contributed by atoms with van der Waals surface area (Å²) in [6.45, 7) is 17.2. The second-order valence-electron chi connectivity index (χ2n) is 11.0. The molecule has 0 fully saturated rings. The van der Waals surface area contributed by atoms with E-state index in [4.69, 9.17) is 0 Å². The molecule has 29 heavy (non-hydrogen) atoms. The van der Waals surface area contributed by atoms with Crippen LogP contribution in [0.25, 0.3) is 0 Å². The first kappa shape index (κ1) is 25.2. The highest BCUT2D eigenvalue weighted by molar-refractivity contribution is 5.74. The quantitative estimate of drug-likeness (QED) is 0.532. The highest BCUT2D eigenvalue weighted by atomic mass is 16.4. The summed E-state index contributed by atoms with van der Waals surface area (Å²) in [6.07, 6.45) is 0.531. The molecule has 0 heterocycles. The molecule has 2 N–H and O–H groups in total. The molecule has 164 valence electrons. The van der Waals surface area contributed by atoms with Crippen molar-refractivity contribution in [2.45, 2.75) is 68.4 Å². The molecular formula is C24H39NO4. The lowest BCUT2D eigenvalue weighted by molar-refractivity contribution is -0.155. The van der Waals surface area contributed by atoms with E-state index in [0.29, 0.717) is 26.1 Å². The Labute approximate surface area is 176 Å². The van der Waals surface area contributed by atoms with E-state index in [9.17, 15) is 19.8 Å². The third-order valence-electron chi connectivity index (χ3n) is 6.25. The molecule has 5 heteroatoms. The first-order valence-electron chi connectivity index (χ1n) is 10.2. The molecule has 0 amide bonds. The molecule has 0 bridgehead atoms. The number of benzene rings is 1. The standard InChI is InChI=1S/C24H39NO4/c1-21(2,15-22(3,4)19(26)27)16-25(14-18-12-10-9-11-13-18)17-23(5,6)24(7,8)20(28)29/h9-13H,14-17H2,1-8H3,(H,26,27)(H,28,29). The lowest BCUT2D eigenvalue weighted by Crippen LogP contribution is -2.49. The second-order valence-corrected chi connectivity index (χ2v) is 11.0. The Kier molecular flexibility index (Phi) is 7.69. The molecule has 0 spiro atoms. The predicted octanol–water partition coefficient (Wildman–Crippen LogP) is 5.15. The largest absolute Gasteiger partial charge is 0.481 e. The van der Waals surface area contributed by atoms with Gasteiger partial charge in [-0.2, -0.15) is 0 Å². The molecule has 0 atom stereocenters. The van der Waals surface area contributed by atoms with E-state index in [1.807, 2.05) is 32.0 Å². The molecule has 0 saturated carbocycles. The van der Waals surface area contributed by atoms with Gasteiger partial charge in [0.2, 0.25) is 0 Å². The summed E-state index contributed by atoms with van der Waals surface area (Å²) in [5.41, 5.74) is -1.29. The first-order chi connectivity index (χ1) is 13.0. The van der Waals surface area contributed by atoms with Crippen molar-refractivity contribution in [3.05, 3.63) is 35.9 Å². The van der Waals surface area contributed by atoms with Gasteiger partial charge in [-0.3, -0.25) is 14.5 Å². The van der Waals surface area contributed by atoms with E-state index in [0.717, 1.165) is 5.56 Å². The van der Waals surface area contributed by atoms with Crippen molar-refractivity contribution < 1.29 is 19.8 Å². The topological polar surface area (TPSA) is 77.8 Å². The maximum atomic E-state index is 11.9. The number of aliphatic carboxylic acids is 2. The minimum Gasteiger partial charge on any atom is -0.481 e. The second kappa shape index (κ2) is 8.86. The van der Waals surface area contributed by atoms with E-state index in [2.05, 4.69) is 30.9 Å². The van der Waals surface area contributed by atoms with Crippen LogP contribution in [0.5, 0.6) is 0 Å². The maximum absolute atomic E-state index is 11.9. The fourth-order valence-electron chi connectivity index (χ4n) is 3.99. The van der Waals surface area contributed by atoms with Gasteiger partial charge >= 0.3 is 11.9 Å². The van der Waals surface area contributed by atoms with Gasteiger partial charge in [0, 0.05) is 19.6 Å². The van der Waals surface area contributed by atoms with Crippen LogP contribution >= 0.6 is 0 Å². The minimum absolute atomic E-state index is 0.250. The average molecular weight is 406 g/mol. The minimum atomic E-state index is -0.896. The smallest absolute Gasteiger partial charge is 0.309 e. The number of nitrogens with zero attached hydrogens (tertiary/aromatic N) is 1. The maximum Gasteiger partial charge on any atom is 0.309 e. The van der Waals surface area contributed by atoms with Gasteiger partial charge < -0.3 is 10.2 Å². The molecular weight excluding hydrogens is 366 g/mol. The zero-order valence-electron chi connectivity index (χ0n) is 19.4. The normalized spacial score (nSPS) is 13.6. The lowest BCUT2D eigenvalue weighted by atomic mass is 9.67. The van der Waals surface area contributed by atoms with Gasteiger partial charge in [0.15, 0.2) is 0 Å². The molecule has 0 radical (unpaired) electrons. The van der Waals surface area contributed by atoms with Gasteiger partial charge in [0.1, 0.15) is 0 Å². The van der Waals surface area contributed by atoms with Crippen molar-refractivity contribution in [3.63, 3.8) is 0 Å². The van der Waals surface area contributed by atoms with Gasteiger partial charge in [0.05, 0.1) is 10.8 Å². The molecule has 0 aromatic heterocycles. The van der Waals surface area contributed by atoms with Crippen LogP contribution in [0, 0.1) is 21.7 Å². The molecule has 0 aliphatic heterocycles. The van der Waals surface area contributed by atoms with Crippen LogP contribution in [-0.4, -0.2) is 40.1 Å². The Morgan fingerprint density at radius 1 is 0.828 bits per heavy atom. The van der Waals surface area contributed by atoms with Gasteiger partial charge in [-0.1, -0.05) is 58.0 Å². The molecule has 5 nitrogen and oxygen atoms in total. The van der Waals surface area contributed by atoms with Crippen molar-refractivity contribution >= 4 is 11.9 Å². The molecule has 1 rings (SSSR count). The Morgan fingerprint density at radius 3 is 1.79 bits per heavy atom. The first-order valence-corrected chi connectivity index (χ1v) is 10.2. The lowest BCUT2D eigenvalue weighted by Gasteiger charge is -2.44. The fourth-order valence-corrected chi connectivity index (χ4v) is 3.99. The highest BCUT2D eigenvalue weighted by Gasteiger charge is 2.45. The van der Waals surface area contributed by atoms with E-state index in [1.165, 1.54) is 0 Å². The van der Waals surface area contributed by atoms with Crippen molar-refractivity contribution in [2.24, 2.45) is 21.7 Å². The third kappa shape index (κ3) is 6.84. The number of hydrogen-bond acceptors (Lipinski definition) is 3. The summed E-state index contributed by atoms with van der Waals surface area (Å²) in [5.74, 6) is -1.61. The van der Waals surface area contributed by atoms with Crippen molar-refractivity contribution in [2.75, 3.05) is 13.1 Å². The van der Waals surface area contributed by atoms with Crippen LogP contribution in [0.15, 0.2) is 30.3 Å². The Balaban J connectivity index is 3.14. The third-order valence-corrected chi connectivity index (χ3v) is 6.25. The number of hydrogen-bond donors (Lipinski definition) is 2. The van der Waals surface area contributed by atoms with Crippen LogP contribution in [-0.2, 0) is 16.1 Å². The summed E-state index contributed by atoms with van der Waals surface area (Å²) in [4.78, 5) is 25.8. The number of carboxylic acids is 2. The van der Waals surface area contributed by atoms with E-state index < -0.39 is 28.2 Å². The average Bonchev–Trinajstić information content (AvgIpc) is 2.53. The highest BCUT2D eigenvalue weighted by Crippen LogP contribution is 2.41. The summed E-state index contributed by atoms with van der Waals surface area (Å²) >= 11 is 0. The Bertz CT molecular complexity index is 705. The molecule has 0 aliphatic carbocycles. The van der Waals surface area contributed by atoms with Crippen LogP contribution in [0.2, 0.25) is 0 Å². The van der Waals surface area contributed by atoms with E-state index in [1.54, 1.807) is 27.7 Å². The zero-order valence-corrected chi connectivity index (χ0v) is 19.4. The summed E-state index contributed by atoms with van der Waals surface area (Å²) in [7, 11) is 0. The van der Waals surface area contributed by atoms with Gasteiger partial charge in [0.25, 0.3) is 0 Å². The summed E-state index contributed by atoms with van der Waals surface area (Å²) < 4.78 is 0. The molecule has 0 saturated heterocycles. The van der Waals surface area contributed by atoms with E-state index in [-0.39, 0.29) is 5.41 Å². The van der Waals surface area contributed by atoms with Crippen molar-refractivity contribution in [1.29, 1.82) is 0 Å². The number of carboxylic acid groups (broad SMARTS) is 2. The predicted molar refractivity (Wildman–Crippen MR) is 117 cm³/mol. The van der Waals surface area contributed by atoms with Gasteiger partial charge in [-0.15, -0.1) is 0 Å². The van der Waals surface area contributed by atoms with Gasteiger partial charge in [-0.25, -0.2) is 0 Å². The van der Waals surface area contributed by atoms with Crippen LogP contribution < -0.4 is 0 Å². The van der Waals surface area contributed by atoms with E-state index >= 15 is 0 Å². The molecule has 0 aliphatic rings. The van der Waals surface area contributed by atoms with Crippen LogP contribution in [0.3, 0.4) is 0 Å². The summed E-state index contributed by atoms with van der Waals surface area (Å²) in [5, 5.41) is 19.3. The van der Waals surface area contributed by atoms with Crippen LogP contribution in [0.1, 0.15) is 67.4 Å². The summed E-state index contributed by atoms with van der Waals surface area (Å²) in [6, 6.07) is 10.1. The van der Waals surface area contributed by atoms with Crippen molar-refractivity contribution in [3.8, 4) is 0 Å². The molecule has 1 aromatic rings. The van der Waals surface area contributed by atoms with Crippen LogP contribution in [0.4, 0.5) is 0 Å². The number of rotatable bonds is 11. The SMILES string of the molecule is CC(C)(CN(Cc1ccccc1)CC(C)(C)C(C)(C)C(=O)O)CC(C)(C)C(=O)O. The molecule has 1 aromatic carbocycles.